The van der Waals surface area contributed by atoms with Crippen LogP contribution in [-0.4, -0.2) is 41.1 Å². The molecule has 8 nitrogen and oxygen atoms in total. The summed E-state index contributed by atoms with van der Waals surface area (Å²) in [5.74, 6) is 0.0524. The Hall–Kier alpha value is -4.37. The minimum absolute atomic E-state index is 0.00738. The lowest BCUT2D eigenvalue weighted by Gasteiger charge is -2.24. The lowest BCUT2D eigenvalue weighted by molar-refractivity contribution is -0.132. The largest absolute Gasteiger partial charge is 0.507 e. The number of ketones is 1. The van der Waals surface area contributed by atoms with Gasteiger partial charge in [-0.3, -0.25) is 14.5 Å². The maximum atomic E-state index is 13.8. The molecule has 1 N–H and O–H groups in total. The predicted molar refractivity (Wildman–Crippen MR) is 163 cm³/mol. The highest BCUT2D eigenvalue weighted by Gasteiger charge is 2.48. The Morgan fingerprint density at radius 2 is 1.90 bits per heavy atom. The third-order valence-electron chi connectivity index (χ3n) is 7.40. The van der Waals surface area contributed by atoms with E-state index in [-0.39, 0.29) is 17.4 Å². The lowest BCUT2D eigenvalue weighted by Crippen LogP contribution is -2.29. The number of aromatic nitrogens is 1. The van der Waals surface area contributed by atoms with E-state index in [4.69, 9.17) is 19.2 Å². The van der Waals surface area contributed by atoms with Crippen LogP contribution in [0.25, 0.3) is 16.0 Å². The predicted octanol–water partition coefficient (Wildman–Crippen LogP) is 6.74. The van der Waals surface area contributed by atoms with Crippen molar-refractivity contribution in [2.24, 2.45) is 0 Å². The zero-order valence-electron chi connectivity index (χ0n) is 24.0. The van der Waals surface area contributed by atoms with Gasteiger partial charge in [0.05, 0.1) is 35.0 Å². The number of amides is 1. The van der Waals surface area contributed by atoms with Gasteiger partial charge >= 0.3 is 5.91 Å². The lowest BCUT2D eigenvalue weighted by atomic mass is 9.94. The molecule has 3 heterocycles. The van der Waals surface area contributed by atoms with E-state index in [1.807, 2.05) is 52.0 Å². The van der Waals surface area contributed by atoms with Crippen LogP contribution in [0.15, 0.2) is 60.2 Å². The van der Waals surface area contributed by atoms with Gasteiger partial charge in [-0.25, -0.2) is 4.98 Å². The highest BCUT2D eigenvalue weighted by molar-refractivity contribution is 7.22. The molecule has 3 aromatic carbocycles. The number of carbonyl (C=O) groups is 2. The number of aliphatic hydroxyl groups is 1. The number of aliphatic hydroxyl groups excluding tert-OH is 1. The molecule has 1 amide bonds. The zero-order valence-corrected chi connectivity index (χ0v) is 24.8. The molecule has 0 aliphatic carbocycles. The molecule has 1 fully saturated rings. The first-order valence-corrected chi connectivity index (χ1v) is 15.0. The van der Waals surface area contributed by atoms with Crippen LogP contribution in [0.5, 0.6) is 17.2 Å². The van der Waals surface area contributed by atoms with E-state index in [0.717, 1.165) is 33.5 Å². The van der Waals surface area contributed by atoms with Crippen LogP contribution >= 0.6 is 11.3 Å². The number of aryl methyl sites for hydroxylation is 1. The van der Waals surface area contributed by atoms with Gasteiger partial charge in [-0.15, -0.1) is 0 Å². The first-order valence-electron chi connectivity index (χ1n) is 14.2. The summed E-state index contributed by atoms with van der Waals surface area (Å²) in [5, 5.41) is 12.1. The second-order valence-corrected chi connectivity index (χ2v) is 11.6. The highest BCUT2D eigenvalue weighted by Crippen LogP contribution is 2.46. The quantitative estimate of drug-likeness (QED) is 0.139. The van der Waals surface area contributed by atoms with Crippen molar-refractivity contribution in [2.75, 3.05) is 18.1 Å². The summed E-state index contributed by atoms with van der Waals surface area (Å²) in [5.41, 5.74) is 3.77. The topological polar surface area (TPSA) is 98.2 Å². The number of nitrogens with zero attached hydrogens (tertiary/aromatic N) is 2. The van der Waals surface area contributed by atoms with Crippen LogP contribution in [0.2, 0.25) is 0 Å². The van der Waals surface area contributed by atoms with E-state index >= 15 is 0 Å². The van der Waals surface area contributed by atoms with E-state index in [1.54, 1.807) is 30.3 Å². The molecule has 0 bridgehead atoms. The molecule has 0 spiro atoms. The average molecular weight is 585 g/mol. The molecule has 2 aliphatic rings. The fraction of sp³-hybridized carbons (Fsp3) is 0.303. The van der Waals surface area contributed by atoms with Gasteiger partial charge in [-0.05, 0) is 86.3 Å². The van der Waals surface area contributed by atoms with Gasteiger partial charge in [0.15, 0.2) is 16.6 Å². The first kappa shape index (κ1) is 27.8. The Bertz CT molecular complexity index is 1740. The van der Waals surface area contributed by atoms with Crippen molar-refractivity contribution in [1.29, 1.82) is 0 Å². The maximum absolute atomic E-state index is 13.8. The summed E-state index contributed by atoms with van der Waals surface area (Å²) in [7, 11) is 0. The van der Waals surface area contributed by atoms with Crippen LogP contribution < -0.4 is 19.1 Å². The molecule has 2 atom stereocenters. The number of Topliss-reactive ketones (excluding diaryl/α,β-unsaturated/α-hetero) is 1. The smallest absolute Gasteiger partial charge is 0.301 e. The minimum atomic E-state index is -0.936. The summed E-state index contributed by atoms with van der Waals surface area (Å²) in [4.78, 5) is 33.6. The number of carbonyl (C=O) groups excluding carboxylic acids is 2. The van der Waals surface area contributed by atoms with Crippen LogP contribution in [0.1, 0.15) is 55.5 Å². The molecule has 0 unspecified atom stereocenters. The molecule has 1 aromatic heterocycles. The molecule has 216 valence electrons. The summed E-state index contributed by atoms with van der Waals surface area (Å²) in [6.07, 6.45) is 1.54. The number of anilines is 1. The molecule has 1 saturated heterocycles. The number of rotatable bonds is 8. The van der Waals surface area contributed by atoms with Gasteiger partial charge in [0, 0.05) is 12.0 Å². The SMILES string of the molecule is CCCOc1ccc([C@H]2/C(=C(\O)c3ccc4c(c3)C[C@@H](C)O4)C(=O)C(=O)N2c2nc3ccc(C)cc3s2)cc1OCC. The summed E-state index contributed by atoms with van der Waals surface area (Å²) >= 11 is 1.33. The molecule has 9 heteroatoms. The summed E-state index contributed by atoms with van der Waals surface area (Å²) < 4.78 is 18.5. The third-order valence-corrected chi connectivity index (χ3v) is 8.42. The van der Waals surface area contributed by atoms with Gasteiger partial charge in [0.25, 0.3) is 5.78 Å². The monoisotopic (exact) mass is 584 g/mol. The number of hydrogen-bond donors (Lipinski definition) is 1. The number of ether oxygens (including phenoxy) is 3. The maximum Gasteiger partial charge on any atom is 0.301 e. The number of fused-ring (bicyclic) bond motifs is 2. The molecule has 2 aliphatic heterocycles. The molecule has 6 rings (SSSR count). The highest BCUT2D eigenvalue weighted by atomic mass is 32.1. The number of hydrogen-bond acceptors (Lipinski definition) is 8. The second-order valence-electron chi connectivity index (χ2n) is 10.6. The van der Waals surface area contributed by atoms with E-state index in [0.29, 0.717) is 47.4 Å². The molecular formula is C33H32N2O6S. The Kier molecular flexibility index (Phi) is 7.36. The summed E-state index contributed by atoms with van der Waals surface area (Å²) in [6, 6.07) is 15.6. The van der Waals surface area contributed by atoms with E-state index in [2.05, 4.69) is 0 Å². The third kappa shape index (κ3) is 4.87. The number of benzene rings is 3. The fourth-order valence-corrected chi connectivity index (χ4v) is 6.58. The van der Waals surface area contributed by atoms with Crippen LogP contribution in [-0.2, 0) is 16.0 Å². The van der Waals surface area contributed by atoms with Gasteiger partial charge in [-0.1, -0.05) is 30.4 Å². The van der Waals surface area contributed by atoms with Gasteiger partial charge in [0.2, 0.25) is 0 Å². The normalized spacial score (nSPS) is 19.3. The van der Waals surface area contributed by atoms with Crippen molar-refractivity contribution < 1.29 is 28.9 Å². The van der Waals surface area contributed by atoms with Gasteiger partial charge in [0.1, 0.15) is 17.6 Å². The molecule has 0 radical (unpaired) electrons. The van der Waals surface area contributed by atoms with Crippen molar-refractivity contribution in [2.45, 2.75) is 52.7 Å². The van der Waals surface area contributed by atoms with Crippen LogP contribution in [0.3, 0.4) is 0 Å². The Morgan fingerprint density at radius 3 is 2.69 bits per heavy atom. The average Bonchev–Trinajstić information content (AvgIpc) is 3.63. The first-order chi connectivity index (χ1) is 20.3. The van der Waals surface area contributed by atoms with E-state index in [9.17, 15) is 14.7 Å². The molecule has 42 heavy (non-hydrogen) atoms. The van der Waals surface area contributed by atoms with Crippen molar-refractivity contribution in [1.82, 2.24) is 4.98 Å². The van der Waals surface area contributed by atoms with Crippen LogP contribution in [0, 0.1) is 6.92 Å². The van der Waals surface area contributed by atoms with Crippen molar-refractivity contribution in [3.8, 4) is 17.2 Å². The Balaban J connectivity index is 1.53. The van der Waals surface area contributed by atoms with E-state index in [1.165, 1.54) is 16.2 Å². The molecule has 4 aromatic rings. The Morgan fingerprint density at radius 1 is 1.07 bits per heavy atom. The Labute approximate surface area is 248 Å². The number of thiazole rings is 1. The van der Waals surface area contributed by atoms with Crippen LogP contribution in [0.4, 0.5) is 5.13 Å². The zero-order chi connectivity index (χ0) is 29.5. The molecule has 0 saturated carbocycles. The van der Waals surface area contributed by atoms with Crippen molar-refractivity contribution in [3.05, 3.63) is 82.4 Å². The summed E-state index contributed by atoms with van der Waals surface area (Å²) in [6.45, 7) is 8.79. The molecular weight excluding hydrogens is 552 g/mol. The van der Waals surface area contributed by atoms with Crippen molar-refractivity contribution in [3.63, 3.8) is 0 Å². The van der Waals surface area contributed by atoms with Gasteiger partial charge in [-0.2, -0.15) is 0 Å². The minimum Gasteiger partial charge on any atom is -0.507 e. The van der Waals surface area contributed by atoms with E-state index < -0.39 is 17.7 Å². The fourth-order valence-electron chi connectivity index (χ4n) is 5.49. The van der Waals surface area contributed by atoms with Gasteiger partial charge < -0.3 is 19.3 Å². The standard InChI is InChI=1S/C33H32N2O6S/c1-5-13-40-25-12-8-20(17-26(25)39-6-2)29-28(30(36)21-9-11-24-22(16-21)15-19(4)41-24)31(37)32(38)35(29)33-34-23-10-7-18(3)14-27(23)42-33/h7-12,14,16-17,19,29,36H,5-6,13,15H2,1-4H3/b30-28+/t19-,29+/m1/s1. The van der Waals surface area contributed by atoms with Crippen molar-refractivity contribution >= 4 is 44.1 Å². The second kappa shape index (κ2) is 11.1.